The molecule has 3 N–H and O–H groups in total. The lowest BCUT2D eigenvalue weighted by Crippen LogP contribution is -2.46. The lowest BCUT2D eigenvalue weighted by atomic mass is 9.90. The molecule has 17 heavy (non-hydrogen) atoms. The molecule has 0 amide bonds. The van der Waals surface area contributed by atoms with Gasteiger partial charge in [0.2, 0.25) is 0 Å². The van der Waals surface area contributed by atoms with Gasteiger partial charge in [0.05, 0.1) is 11.6 Å². The number of hydrogen-bond donors (Lipinski definition) is 3. The Kier molecular flexibility index (Phi) is 3.82. The molecule has 94 valence electrons. The summed E-state index contributed by atoms with van der Waals surface area (Å²) in [4.78, 5) is 0. The van der Waals surface area contributed by atoms with E-state index in [4.69, 9.17) is 0 Å². The first-order valence-electron chi connectivity index (χ1n) is 6.39. The maximum absolute atomic E-state index is 10.6. The third-order valence-electron chi connectivity index (χ3n) is 3.39. The molecular weight excluding hydrogens is 212 g/mol. The third kappa shape index (κ3) is 2.68. The Morgan fingerprint density at radius 1 is 1.47 bits per heavy atom. The van der Waals surface area contributed by atoms with Gasteiger partial charge in [0.15, 0.2) is 0 Å². The zero-order valence-electron chi connectivity index (χ0n) is 10.7. The Balaban J connectivity index is 2.08. The topological polar surface area (TPSA) is 44.3 Å². The Morgan fingerprint density at radius 2 is 2.24 bits per heavy atom. The molecule has 3 heteroatoms. The molecule has 0 aliphatic carbocycles. The van der Waals surface area contributed by atoms with E-state index in [1.54, 1.807) is 0 Å². The smallest absolute Gasteiger partial charge is 0.0937 e. The second-order valence-corrected chi connectivity index (χ2v) is 5.05. The Hall–Kier alpha value is -0.900. The number of hydrogen-bond acceptors (Lipinski definition) is 3. The molecule has 0 spiro atoms. The Morgan fingerprint density at radius 3 is 3.00 bits per heavy atom. The van der Waals surface area contributed by atoms with E-state index in [1.165, 1.54) is 11.1 Å². The third-order valence-corrected chi connectivity index (χ3v) is 3.39. The fourth-order valence-corrected chi connectivity index (χ4v) is 2.47. The zero-order valence-corrected chi connectivity index (χ0v) is 10.7. The molecule has 1 aliphatic rings. The van der Waals surface area contributed by atoms with Crippen LogP contribution in [0.3, 0.4) is 0 Å². The van der Waals surface area contributed by atoms with Gasteiger partial charge in [-0.2, -0.15) is 0 Å². The molecule has 0 fully saturated rings. The largest absolute Gasteiger partial charge is 0.387 e. The summed E-state index contributed by atoms with van der Waals surface area (Å²) >= 11 is 0. The van der Waals surface area contributed by atoms with E-state index in [9.17, 15) is 5.11 Å². The molecule has 2 rings (SSSR count). The van der Waals surface area contributed by atoms with Gasteiger partial charge in [-0.25, -0.2) is 0 Å². The first-order chi connectivity index (χ1) is 8.15. The molecule has 0 aromatic heterocycles. The standard InChI is InChI=1S/C14H22N2O/c1-3-8-15-10-14(2,17)13-12-7-5-4-6-11(12)9-16-13/h4-7,13,15-17H,3,8-10H2,1-2H3. The zero-order chi connectivity index (χ0) is 12.3. The van der Waals surface area contributed by atoms with Crippen molar-refractivity contribution in [2.45, 2.75) is 38.5 Å². The van der Waals surface area contributed by atoms with Crippen LogP contribution in [0.5, 0.6) is 0 Å². The van der Waals surface area contributed by atoms with Crippen molar-refractivity contribution in [3.05, 3.63) is 35.4 Å². The summed E-state index contributed by atoms with van der Waals surface area (Å²) in [5.41, 5.74) is 1.78. The first kappa shape index (κ1) is 12.6. The Bertz CT molecular complexity index is 376. The van der Waals surface area contributed by atoms with Crippen LogP contribution in [-0.4, -0.2) is 23.8 Å². The van der Waals surface area contributed by atoms with E-state index in [2.05, 4.69) is 29.7 Å². The summed E-state index contributed by atoms with van der Waals surface area (Å²) in [6, 6.07) is 8.34. The molecule has 2 unspecified atom stereocenters. The maximum atomic E-state index is 10.6. The summed E-state index contributed by atoms with van der Waals surface area (Å²) in [7, 11) is 0. The van der Waals surface area contributed by atoms with Gasteiger partial charge in [-0.3, -0.25) is 0 Å². The van der Waals surface area contributed by atoms with E-state index in [0.717, 1.165) is 19.5 Å². The van der Waals surface area contributed by atoms with Gasteiger partial charge in [-0.15, -0.1) is 0 Å². The lowest BCUT2D eigenvalue weighted by molar-refractivity contribution is 0.0226. The van der Waals surface area contributed by atoms with Crippen LogP contribution < -0.4 is 10.6 Å². The molecule has 1 aromatic carbocycles. The van der Waals surface area contributed by atoms with Crippen LogP contribution in [-0.2, 0) is 6.54 Å². The molecule has 0 radical (unpaired) electrons. The van der Waals surface area contributed by atoms with Crippen LogP contribution in [0, 0.1) is 0 Å². The lowest BCUT2D eigenvalue weighted by Gasteiger charge is -2.31. The molecule has 1 heterocycles. The number of benzene rings is 1. The van der Waals surface area contributed by atoms with Gasteiger partial charge in [-0.05, 0) is 31.0 Å². The highest BCUT2D eigenvalue weighted by Crippen LogP contribution is 2.32. The maximum Gasteiger partial charge on any atom is 0.0937 e. The minimum Gasteiger partial charge on any atom is -0.387 e. The Labute approximate surface area is 103 Å². The number of aliphatic hydroxyl groups is 1. The number of rotatable bonds is 5. The second kappa shape index (κ2) is 5.17. The first-order valence-corrected chi connectivity index (χ1v) is 6.39. The van der Waals surface area contributed by atoms with Crippen LogP contribution in [0.15, 0.2) is 24.3 Å². The van der Waals surface area contributed by atoms with E-state index in [1.807, 2.05) is 19.1 Å². The van der Waals surface area contributed by atoms with Crippen LogP contribution >= 0.6 is 0 Å². The minimum absolute atomic E-state index is 0.0306. The summed E-state index contributed by atoms with van der Waals surface area (Å²) in [5.74, 6) is 0. The van der Waals surface area contributed by atoms with Crippen molar-refractivity contribution in [2.75, 3.05) is 13.1 Å². The van der Waals surface area contributed by atoms with Crippen LogP contribution in [0.1, 0.15) is 37.4 Å². The highest BCUT2D eigenvalue weighted by atomic mass is 16.3. The molecule has 0 bridgehead atoms. The van der Waals surface area contributed by atoms with Crippen molar-refractivity contribution in [1.29, 1.82) is 0 Å². The molecule has 0 saturated heterocycles. The average Bonchev–Trinajstić information content (AvgIpc) is 2.73. The molecular formula is C14H22N2O. The van der Waals surface area contributed by atoms with Gasteiger partial charge < -0.3 is 15.7 Å². The highest BCUT2D eigenvalue weighted by molar-refractivity contribution is 5.35. The van der Waals surface area contributed by atoms with Crippen molar-refractivity contribution >= 4 is 0 Å². The van der Waals surface area contributed by atoms with Gasteiger partial charge >= 0.3 is 0 Å². The van der Waals surface area contributed by atoms with Crippen molar-refractivity contribution < 1.29 is 5.11 Å². The monoisotopic (exact) mass is 234 g/mol. The number of fused-ring (bicyclic) bond motifs is 1. The quantitative estimate of drug-likeness (QED) is 0.678. The van der Waals surface area contributed by atoms with Crippen LogP contribution in [0.2, 0.25) is 0 Å². The van der Waals surface area contributed by atoms with Gasteiger partial charge in [0.25, 0.3) is 0 Å². The molecule has 1 aromatic rings. The van der Waals surface area contributed by atoms with E-state index in [0.29, 0.717) is 6.54 Å². The van der Waals surface area contributed by atoms with Crippen molar-refractivity contribution in [3.8, 4) is 0 Å². The molecule has 2 atom stereocenters. The fraction of sp³-hybridized carbons (Fsp3) is 0.571. The highest BCUT2D eigenvalue weighted by Gasteiger charge is 2.36. The van der Waals surface area contributed by atoms with Crippen molar-refractivity contribution in [1.82, 2.24) is 10.6 Å². The minimum atomic E-state index is -0.748. The molecule has 1 aliphatic heterocycles. The summed E-state index contributed by atoms with van der Waals surface area (Å²) in [5, 5.41) is 17.3. The normalized spacial score (nSPS) is 22.2. The SMILES string of the molecule is CCCNCC(C)(O)C1NCc2ccccc21. The van der Waals surface area contributed by atoms with E-state index < -0.39 is 5.60 Å². The van der Waals surface area contributed by atoms with Crippen molar-refractivity contribution in [2.24, 2.45) is 0 Å². The van der Waals surface area contributed by atoms with E-state index >= 15 is 0 Å². The molecule has 0 saturated carbocycles. The van der Waals surface area contributed by atoms with Crippen molar-refractivity contribution in [3.63, 3.8) is 0 Å². The van der Waals surface area contributed by atoms with Gasteiger partial charge in [0.1, 0.15) is 0 Å². The second-order valence-electron chi connectivity index (χ2n) is 5.05. The predicted octanol–water partition coefficient (Wildman–Crippen LogP) is 1.58. The predicted molar refractivity (Wildman–Crippen MR) is 69.8 cm³/mol. The van der Waals surface area contributed by atoms with Gasteiger partial charge in [0, 0.05) is 13.1 Å². The summed E-state index contributed by atoms with van der Waals surface area (Å²) < 4.78 is 0. The summed E-state index contributed by atoms with van der Waals surface area (Å²) in [6.45, 7) is 6.45. The van der Waals surface area contributed by atoms with Crippen LogP contribution in [0.4, 0.5) is 0 Å². The number of nitrogens with one attached hydrogen (secondary N) is 2. The van der Waals surface area contributed by atoms with E-state index in [-0.39, 0.29) is 6.04 Å². The van der Waals surface area contributed by atoms with Gasteiger partial charge in [-0.1, -0.05) is 31.2 Å². The summed E-state index contributed by atoms with van der Waals surface area (Å²) in [6.07, 6.45) is 1.09. The van der Waals surface area contributed by atoms with Crippen LogP contribution in [0.25, 0.3) is 0 Å². The average molecular weight is 234 g/mol. The molecule has 3 nitrogen and oxygen atoms in total. The fourth-order valence-electron chi connectivity index (χ4n) is 2.47.